The van der Waals surface area contributed by atoms with E-state index in [0.717, 1.165) is 5.56 Å². The van der Waals surface area contributed by atoms with Gasteiger partial charge in [-0.05, 0) is 75.4 Å². The van der Waals surface area contributed by atoms with E-state index in [0.29, 0.717) is 44.2 Å². The van der Waals surface area contributed by atoms with E-state index in [-0.39, 0.29) is 19.3 Å². The number of nitrogens with one attached hydrogen (secondary N) is 2. The second kappa shape index (κ2) is 13.0. The molecule has 0 aliphatic carbocycles. The standard InChI is InChI=1S/C29H27BrN4O6/c1-17(2)26(33-28(35)21-8-9-23-24(12-21)40-16-39-23)29(36)34-32-14-20-10-22(30)27(25(11-20)37-3)38-15-19-6-4-18(13-31)5-7-19/h4-12,14,17,26H,15-16H2,1-3H3,(H,33,35)(H,34,36)/b32-14+. The number of ether oxygens (including phenoxy) is 4. The Morgan fingerprint density at radius 2 is 1.88 bits per heavy atom. The molecule has 206 valence electrons. The third-order valence-electron chi connectivity index (χ3n) is 5.98. The zero-order valence-electron chi connectivity index (χ0n) is 22.1. The van der Waals surface area contributed by atoms with Crippen LogP contribution in [0.5, 0.6) is 23.0 Å². The molecule has 0 aromatic heterocycles. The van der Waals surface area contributed by atoms with E-state index in [1.165, 1.54) is 13.3 Å². The Balaban J connectivity index is 1.38. The van der Waals surface area contributed by atoms with Gasteiger partial charge < -0.3 is 24.3 Å². The number of hydrogen-bond donors (Lipinski definition) is 2. The topological polar surface area (TPSA) is 131 Å². The largest absolute Gasteiger partial charge is 0.493 e. The average molecular weight is 607 g/mol. The Morgan fingerprint density at radius 3 is 2.58 bits per heavy atom. The van der Waals surface area contributed by atoms with E-state index in [1.54, 1.807) is 42.5 Å². The Kier molecular flexibility index (Phi) is 9.24. The van der Waals surface area contributed by atoms with E-state index in [1.807, 2.05) is 26.0 Å². The summed E-state index contributed by atoms with van der Waals surface area (Å²) in [6.07, 6.45) is 1.46. The molecule has 1 unspecified atom stereocenters. The number of nitriles is 1. The van der Waals surface area contributed by atoms with Gasteiger partial charge in [-0.3, -0.25) is 9.59 Å². The summed E-state index contributed by atoms with van der Waals surface area (Å²) in [7, 11) is 1.52. The summed E-state index contributed by atoms with van der Waals surface area (Å²) in [6.45, 7) is 4.03. The summed E-state index contributed by atoms with van der Waals surface area (Å²) in [4.78, 5) is 25.7. The van der Waals surface area contributed by atoms with Crippen LogP contribution in [0.4, 0.5) is 0 Å². The molecular weight excluding hydrogens is 580 g/mol. The lowest BCUT2D eigenvalue weighted by Crippen LogP contribution is -2.48. The maximum Gasteiger partial charge on any atom is 0.262 e. The van der Waals surface area contributed by atoms with E-state index >= 15 is 0 Å². The zero-order chi connectivity index (χ0) is 28.6. The van der Waals surface area contributed by atoms with Crippen molar-refractivity contribution in [1.29, 1.82) is 5.26 Å². The van der Waals surface area contributed by atoms with Gasteiger partial charge in [0, 0.05) is 5.56 Å². The van der Waals surface area contributed by atoms with Crippen molar-refractivity contribution in [2.75, 3.05) is 13.9 Å². The van der Waals surface area contributed by atoms with Crippen LogP contribution in [-0.2, 0) is 11.4 Å². The highest BCUT2D eigenvalue weighted by atomic mass is 79.9. The van der Waals surface area contributed by atoms with Gasteiger partial charge in [-0.15, -0.1) is 0 Å². The molecule has 3 aromatic rings. The van der Waals surface area contributed by atoms with Gasteiger partial charge in [0.05, 0.1) is 29.4 Å². The van der Waals surface area contributed by atoms with Crippen molar-refractivity contribution in [3.8, 4) is 29.1 Å². The van der Waals surface area contributed by atoms with Crippen LogP contribution in [-0.4, -0.2) is 38.0 Å². The Bertz CT molecular complexity index is 1470. The molecule has 40 heavy (non-hydrogen) atoms. The van der Waals surface area contributed by atoms with Crippen LogP contribution in [0.1, 0.15) is 40.9 Å². The van der Waals surface area contributed by atoms with Crippen molar-refractivity contribution in [2.45, 2.75) is 26.5 Å². The first-order valence-corrected chi connectivity index (χ1v) is 13.1. The minimum absolute atomic E-state index is 0.103. The van der Waals surface area contributed by atoms with Crippen molar-refractivity contribution in [1.82, 2.24) is 10.7 Å². The highest BCUT2D eigenvalue weighted by Gasteiger charge is 2.25. The van der Waals surface area contributed by atoms with Crippen LogP contribution < -0.4 is 29.7 Å². The molecule has 3 aromatic carbocycles. The number of amides is 2. The molecular formula is C29H27BrN4O6. The van der Waals surface area contributed by atoms with Gasteiger partial charge >= 0.3 is 0 Å². The highest BCUT2D eigenvalue weighted by molar-refractivity contribution is 9.10. The van der Waals surface area contributed by atoms with Gasteiger partial charge in [0.15, 0.2) is 23.0 Å². The van der Waals surface area contributed by atoms with Crippen molar-refractivity contribution in [3.05, 3.63) is 81.3 Å². The second-order valence-corrected chi connectivity index (χ2v) is 9.98. The summed E-state index contributed by atoms with van der Waals surface area (Å²) < 4.78 is 22.7. The van der Waals surface area contributed by atoms with E-state index in [4.69, 9.17) is 24.2 Å². The molecule has 2 amide bonds. The summed E-state index contributed by atoms with van der Waals surface area (Å²) in [5.74, 6) is 0.935. The van der Waals surface area contributed by atoms with Crippen molar-refractivity contribution in [2.24, 2.45) is 11.0 Å². The van der Waals surface area contributed by atoms with Crippen LogP contribution in [0.2, 0.25) is 0 Å². The van der Waals surface area contributed by atoms with Crippen molar-refractivity contribution in [3.63, 3.8) is 0 Å². The number of rotatable bonds is 10. The summed E-state index contributed by atoms with van der Waals surface area (Å²) in [5, 5.41) is 15.8. The monoisotopic (exact) mass is 606 g/mol. The molecule has 0 spiro atoms. The molecule has 0 saturated heterocycles. The molecule has 1 heterocycles. The quantitative estimate of drug-likeness (QED) is 0.256. The number of hydrazone groups is 1. The maximum atomic E-state index is 12.9. The number of carbonyl (C=O) groups excluding carboxylic acids is 2. The van der Waals surface area contributed by atoms with Crippen LogP contribution in [0.25, 0.3) is 0 Å². The minimum atomic E-state index is -0.825. The fraction of sp³-hybridized carbons (Fsp3) is 0.241. The first kappa shape index (κ1) is 28.4. The summed E-state index contributed by atoms with van der Waals surface area (Å²) in [5.41, 5.74) is 4.96. The van der Waals surface area contributed by atoms with Gasteiger partial charge in [-0.2, -0.15) is 10.4 Å². The fourth-order valence-corrected chi connectivity index (χ4v) is 4.40. The molecule has 1 atom stereocenters. The molecule has 11 heteroatoms. The molecule has 10 nitrogen and oxygen atoms in total. The van der Waals surface area contributed by atoms with Gasteiger partial charge in [-0.1, -0.05) is 26.0 Å². The second-order valence-electron chi connectivity index (χ2n) is 9.13. The number of nitrogens with zero attached hydrogens (tertiary/aromatic N) is 2. The molecule has 0 fully saturated rings. The zero-order valence-corrected chi connectivity index (χ0v) is 23.7. The highest BCUT2D eigenvalue weighted by Crippen LogP contribution is 2.37. The van der Waals surface area contributed by atoms with Gasteiger partial charge in [0.1, 0.15) is 12.6 Å². The first-order chi connectivity index (χ1) is 19.3. The Labute approximate surface area is 240 Å². The van der Waals surface area contributed by atoms with E-state index in [9.17, 15) is 9.59 Å². The molecule has 2 N–H and O–H groups in total. The predicted molar refractivity (Wildman–Crippen MR) is 151 cm³/mol. The molecule has 4 rings (SSSR count). The maximum absolute atomic E-state index is 12.9. The third kappa shape index (κ3) is 6.90. The SMILES string of the molecule is COc1cc(/C=N/NC(=O)C(NC(=O)c2ccc3c(c2)OCO3)C(C)C)cc(Br)c1OCc1ccc(C#N)cc1. The van der Waals surface area contributed by atoms with Crippen LogP contribution in [0.3, 0.4) is 0 Å². The van der Waals surface area contributed by atoms with Crippen molar-refractivity contribution < 1.29 is 28.5 Å². The summed E-state index contributed by atoms with van der Waals surface area (Å²) >= 11 is 3.50. The summed E-state index contributed by atoms with van der Waals surface area (Å²) in [6, 6.07) is 16.7. The van der Waals surface area contributed by atoms with Gasteiger partial charge in [0.2, 0.25) is 6.79 Å². The Morgan fingerprint density at radius 1 is 1.12 bits per heavy atom. The molecule has 1 aliphatic rings. The van der Waals surface area contributed by atoms with Crippen LogP contribution in [0, 0.1) is 17.2 Å². The van der Waals surface area contributed by atoms with E-state index < -0.39 is 17.9 Å². The smallest absolute Gasteiger partial charge is 0.262 e. The molecule has 0 radical (unpaired) electrons. The first-order valence-electron chi connectivity index (χ1n) is 12.3. The fourth-order valence-electron chi connectivity index (χ4n) is 3.82. The minimum Gasteiger partial charge on any atom is -0.493 e. The number of benzene rings is 3. The number of methoxy groups -OCH3 is 1. The van der Waals surface area contributed by atoms with Crippen LogP contribution in [0.15, 0.2) is 64.2 Å². The number of fused-ring (bicyclic) bond motifs is 1. The lowest BCUT2D eigenvalue weighted by Gasteiger charge is -2.20. The predicted octanol–water partition coefficient (Wildman–Crippen LogP) is 4.54. The third-order valence-corrected chi connectivity index (χ3v) is 6.57. The molecule has 1 aliphatic heterocycles. The van der Waals surface area contributed by atoms with Gasteiger partial charge in [-0.25, -0.2) is 5.43 Å². The molecule has 0 bridgehead atoms. The number of hydrogen-bond acceptors (Lipinski definition) is 8. The lowest BCUT2D eigenvalue weighted by molar-refractivity contribution is -0.123. The number of carbonyl (C=O) groups is 2. The van der Waals surface area contributed by atoms with Crippen LogP contribution >= 0.6 is 15.9 Å². The normalized spacial score (nSPS) is 12.6. The van der Waals surface area contributed by atoms with Crippen molar-refractivity contribution >= 4 is 34.0 Å². The van der Waals surface area contributed by atoms with E-state index in [2.05, 4.69) is 37.8 Å². The Hall–Kier alpha value is -4.56. The van der Waals surface area contributed by atoms with Gasteiger partial charge in [0.25, 0.3) is 11.8 Å². The average Bonchev–Trinajstić information content (AvgIpc) is 3.43. The molecule has 0 saturated carbocycles. The number of halogens is 1. The lowest BCUT2D eigenvalue weighted by atomic mass is 10.0.